The van der Waals surface area contributed by atoms with Crippen LogP contribution in [0.2, 0.25) is 0 Å². The third-order valence-corrected chi connectivity index (χ3v) is 16.0. The van der Waals surface area contributed by atoms with Crippen molar-refractivity contribution in [2.24, 2.45) is 63.1 Å². The number of nitrogens with two attached hydrogens (primary N) is 6. The van der Waals surface area contributed by atoms with Crippen molar-refractivity contribution in [1.29, 1.82) is 0 Å². The number of benzene rings is 1. The van der Waals surface area contributed by atoms with Gasteiger partial charge in [-0.1, -0.05) is 98.6 Å². The van der Waals surface area contributed by atoms with Gasteiger partial charge in [0.25, 0.3) is 0 Å². The highest BCUT2D eigenvalue weighted by Gasteiger charge is 2.38. The molecule has 558 valence electrons. The van der Waals surface area contributed by atoms with Gasteiger partial charge in [-0.2, -0.15) is 0 Å². The number of aliphatic imine (C=N–C) groups is 1. The Bertz CT molecular complexity index is 2840. The summed E-state index contributed by atoms with van der Waals surface area (Å²) in [4.78, 5) is 194. The summed E-state index contributed by atoms with van der Waals surface area (Å²) < 4.78 is 0. The number of carboxylic acid groups (broad SMARTS) is 3. The van der Waals surface area contributed by atoms with E-state index in [4.69, 9.17) is 34.4 Å². The SMILES string of the molecule is CC[C@H](C)[C@H](NC(=O)[C@H](CCC(=O)O)NC(=O)[C@H](CCCCN)NC(=O)[C@H](CC(C)C)NC(=O)[C@H](CCC(N)=O)NC(=O)[C@H](CCC(=O)O)NC(=O)[C@@H](NC(=O)[C@H](CC(C)C)NC(=O)[C@@H](N)CCCCN)C(C)C)C(=O)N[C@@H](Cc1ccccc1)C(=O)N[C@@H](CCCN=C(N)N)C(=O)O. The summed E-state index contributed by atoms with van der Waals surface area (Å²) in [7, 11) is 0. The van der Waals surface area contributed by atoms with E-state index in [1.165, 1.54) is 0 Å². The second kappa shape index (κ2) is 47.0. The van der Waals surface area contributed by atoms with Gasteiger partial charge in [-0.25, -0.2) is 4.79 Å². The van der Waals surface area contributed by atoms with Gasteiger partial charge in [0, 0.05) is 32.2 Å². The molecule has 1 aromatic rings. The average Bonchev–Trinajstić information content (AvgIpc) is 0.858. The molecule has 34 heteroatoms. The summed E-state index contributed by atoms with van der Waals surface area (Å²) in [6, 6.07) is -7.47. The van der Waals surface area contributed by atoms with E-state index < -0.39 is 200 Å². The van der Waals surface area contributed by atoms with E-state index in [-0.39, 0.29) is 82.3 Å². The number of nitrogens with zero attached hydrogens (tertiary/aromatic N) is 1. The maximum Gasteiger partial charge on any atom is 0.326 e. The molecule has 1 rings (SSSR count). The summed E-state index contributed by atoms with van der Waals surface area (Å²) in [6.07, 6.45) is -1.40. The fourth-order valence-corrected chi connectivity index (χ4v) is 10.2. The molecule has 1 aromatic carbocycles. The molecule has 0 saturated carbocycles. The number of carbonyl (C=O) groups excluding carboxylic acids is 11. The molecule has 0 aliphatic heterocycles. The number of carbonyl (C=O) groups is 14. The van der Waals surface area contributed by atoms with Gasteiger partial charge in [0.15, 0.2) is 5.96 Å². The fourth-order valence-electron chi connectivity index (χ4n) is 10.2. The largest absolute Gasteiger partial charge is 0.481 e. The first-order valence-electron chi connectivity index (χ1n) is 33.8. The monoisotopic (exact) mass is 1400 g/mol. The first-order chi connectivity index (χ1) is 46.5. The molecule has 99 heavy (non-hydrogen) atoms. The van der Waals surface area contributed by atoms with Gasteiger partial charge in [-0.3, -0.25) is 67.3 Å². The van der Waals surface area contributed by atoms with E-state index in [0.717, 1.165) is 0 Å². The topological polar surface area (TPSA) is 588 Å². The number of hydrogen-bond acceptors (Lipinski definition) is 18. The van der Waals surface area contributed by atoms with Crippen LogP contribution in [0.15, 0.2) is 35.3 Å². The highest BCUT2D eigenvalue weighted by atomic mass is 16.4. The number of primary amides is 1. The summed E-state index contributed by atoms with van der Waals surface area (Å²) in [6.45, 7) is 14.1. The molecule has 0 aliphatic rings. The molecule has 0 unspecified atom stereocenters. The van der Waals surface area contributed by atoms with Gasteiger partial charge in [-0.05, 0) is 119 Å². The lowest BCUT2D eigenvalue weighted by Gasteiger charge is -2.30. The molecule has 0 fully saturated rings. The van der Waals surface area contributed by atoms with Gasteiger partial charge in [0.2, 0.25) is 65.0 Å². The minimum atomic E-state index is -1.70. The highest BCUT2D eigenvalue weighted by Crippen LogP contribution is 2.16. The number of aliphatic carboxylic acids is 3. The Kier molecular flexibility index (Phi) is 41.8. The van der Waals surface area contributed by atoms with Gasteiger partial charge >= 0.3 is 17.9 Å². The average molecular weight is 1400 g/mol. The highest BCUT2D eigenvalue weighted by molar-refractivity contribution is 5.99. The summed E-state index contributed by atoms with van der Waals surface area (Å²) in [5.41, 5.74) is 34.3. The van der Waals surface area contributed by atoms with Crippen LogP contribution in [0, 0.1) is 23.7 Å². The normalized spacial score (nSPS) is 14.8. The first-order valence-corrected chi connectivity index (χ1v) is 33.8. The standard InChI is InChI=1S/C65H111N17O17/c1-9-38(8)53(63(97)80-48(34-39-18-11-10-12-19-39)60(94)77-45(64(98)99)22-17-31-72-65(70)71)82-58(92)44(25-28-51(86)87)75-55(89)41(21-14-16-30-67)73-59(93)46(32-35(2)3)79-57(91)42(23-26-49(69)83)74-56(90)43(24-27-50(84)85)76-62(96)52(37(6)7)81-61(95)47(33-36(4)5)78-54(88)40(68)20-13-15-29-66/h10-12,18-19,35-38,40-48,52-53H,9,13-17,20-34,66-68H2,1-8H3,(H2,69,83)(H,73,93)(H,74,90)(H,75,89)(H,76,96)(H,77,94)(H,78,88)(H,79,91)(H,80,97)(H,81,95)(H,82,92)(H,84,85)(H,86,87)(H,98,99)(H4,70,71,72)/t38-,40-,41-,42-,43-,44-,45-,46-,47-,48-,52-,53-/m0/s1. The van der Waals surface area contributed by atoms with E-state index in [0.29, 0.717) is 37.8 Å². The fraction of sp³-hybridized carbons (Fsp3) is 0.677. The molecule has 0 heterocycles. The van der Waals surface area contributed by atoms with E-state index in [9.17, 15) is 82.4 Å². The van der Waals surface area contributed by atoms with E-state index >= 15 is 0 Å². The number of rotatable bonds is 51. The Labute approximate surface area is 578 Å². The Morgan fingerprint density at radius 3 is 1.24 bits per heavy atom. The van der Waals surface area contributed by atoms with Crippen LogP contribution >= 0.6 is 0 Å². The molecule has 0 aliphatic carbocycles. The minimum absolute atomic E-state index is 0.0623. The van der Waals surface area contributed by atoms with Gasteiger partial charge in [0.05, 0.1) is 6.04 Å². The second-order valence-electron chi connectivity index (χ2n) is 25.9. The quantitative estimate of drug-likeness (QED) is 0.0183. The van der Waals surface area contributed by atoms with Gasteiger partial charge in [0.1, 0.15) is 60.4 Å². The van der Waals surface area contributed by atoms with Crippen LogP contribution < -0.4 is 87.6 Å². The minimum Gasteiger partial charge on any atom is -0.481 e. The molecule has 0 aromatic heterocycles. The Morgan fingerprint density at radius 1 is 0.424 bits per heavy atom. The molecular weight excluding hydrogens is 1290 g/mol. The lowest BCUT2D eigenvalue weighted by Crippen LogP contribution is -2.61. The Balaban J connectivity index is 3.70. The smallest absolute Gasteiger partial charge is 0.326 e. The zero-order chi connectivity index (χ0) is 75.1. The third-order valence-electron chi connectivity index (χ3n) is 16.0. The van der Waals surface area contributed by atoms with Crippen LogP contribution in [0.25, 0.3) is 0 Å². The lowest BCUT2D eigenvalue weighted by atomic mass is 9.96. The van der Waals surface area contributed by atoms with Crippen molar-refractivity contribution in [3.63, 3.8) is 0 Å². The maximum absolute atomic E-state index is 14.5. The van der Waals surface area contributed by atoms with E-state index in [1.807, 2.05) is 13.8 Å². The van der Waals surface area contributed by atoms with Crippen molar-refractivity contribution < 1.29 is 82.4 Å². The molecule has 0 bridgehead atoms. The van der Waals surface area contributed by atoms with Crippen molar-refractivity contribution >= 4 is 88.8 Å². The Morgan fingerprint density at radius 2 is 0.798 bits per heavy atom. The second-order valence-corrected chi connectivity index (χ2v) is 25.9. The molecule has 25 N–H and O–H groups in total. The third kappa shape index (κ3) is 35.9. The van der Waals surface area contributed by atoms with Crippen molar-refractivity contribution in [3.05, 3.63) is 35.9 Å². The predicted octanol–water partition coefficient (Wildman–Crippen LogP) is -2.41. The van der Waals surface area contributed by atoms with Crippen LogP contribution in [0.4, 0.5) is 0 Å². The zero-order valence-corrected chi connectivity index (χ0v) is 58.4. The van der Waals surface area contributed by atoms with Gasteiger partial charge in [-0.15, -0.1) is 0 Å². The molecule has 0 radical (unpaired) electrons. The lowest BCUT2D eigenvalue weighted by molar-refractivity contribution is -0.142. The number of hydrogen-bond donors (Lipinski definition) is 19. The zero-order valence-electron chi connectivity index (χ0n) is 58.4. The van der Waals surface area contributed by atoms with Crippen molar-refractivity contribution in [1.82, 2.24) is 53.2 Å². The summed E-state index contributed by atoms with van der Waals surface area (Å²) in [5, 5.41) is 55.1. The summed E-state index contributed by atoms with van der Waals surface area (Å²) >= 11 is 0. The van der Waals surface area contributed by atoms with Crippen LogP contribution in [-0.2, 0) is 73.5 Å². The maximum atomic E-state index is 14.5. The molecule has 0 spiro atoms. The number of guanidine groups is 1. The molecular formula is C65H111N17O17. The van der Waals surface area contributed by atoms with Crippen LogP contribution in [0.1, 0.15) is 170 Å². The number of amides is 11. The Hall–Kier alpha value is -9.05. The van der Waals surface area contributed by atoms with Crippen molar-refractivity contribution in [2.45, 2.75) is 237 Å². The molecule has 0 saturated heterocycles. The number of unbranched alkanes of at least 4 members (excludes halogenated alkanes) is 2. The predicted molar refractivity (Wildman–Crippen MR) is 366 cm³/mol. The van der Waals surface area contributed by atoms with Crippen molar-refractivity contribution in [3.8, 4) is 0 Å². The summed E-state index contributed by atoms with van der Waals surface area (Å²) in [5.74, 6) is -16.4. The van der Waals surface area contributed by atoms with Gasteiger partial charge < -0.3 is 103 Å². The molecule has 34 nitrogen and oxygen atoms in total. The van der Waals surface area contributed by atoms with Crippen molar-refractivity contribution in [2.75, 3.05) is 19.6 Å². The van der Waals surface area contributed by atoms with Crippen LogP contribution in [-0.4, -0.2) is 190 Å². The number of carboxylic acids is 3. The molecule has 11 amide bonds. The van der Waals surface area contributed by atoms with E-state index in [2.05, 4.69) is 58.2 Å². The van der Waals surface area contributed by atoms with Crippen LogP contribution in [0.3, 0.4) is 0 Å². The van der Waals surface area contributed by atoms with E-state index in [1.54, 1.807) is 71.9 Å². The molecule has 12 atom stereocenters. The van der Waals surface area contributed by atoms with Crippen LogP contribution in [0.5, 0.6) is 0 Å². The number of nitrogens with one attached hydrogen (secondary N) is 10. The first kappa shape index (κ1) is 88.0.